The van der Waals surface area contributed by atoms with Gasteiger partial charge in [-0.15, -0.1) is 0 Å². The monoisotopic (exact) mass is 222 g/mol. The van der Waals surface area contributed by atoms with Crippen LogP contribution in [0.2, 0.25) is 0 Å². The molecule has 0 saturated carbocycles. The molecule has 1 aromatic rings. The van der Waals surface area contributed by atoms with E-state index in [0.717, 1.165) is 17.4 Å². The molecule has 0 aromatic heterocycles. The van der Waals surface area contributed by atoms with Gasteiger partial charge in [0.2, 0.25) is 0 Å². The summed E-state index contributed by atoms with van der Waals surface area (Å²) >= 11 is 0. The first-order chi connectivity index (χ1) is 7.62. The van der Waals surface area contributed by atoms with E-state index in [1.165, 1.54) is 14.2 Å². The summed E-state index contributed by atoms with van der Waals surface area (Å²) in [6.07, 6.45) is 0.864. The lowest BCUT2D eigenvalue weighted by Crippen LogP contribution is -2.07. The number of benzene rings is 1. The van der Waals surface area contributed by atoms with Crippen molar-refractivity contribution in [2.45, 2.75) is 13.3 Å². The van der Waals surface area contributed by atoms with E-state index in [0.29, 0.717) is 11.3 Å². The smallest absolute Gasteiger partial charge is 0.309 e. The maximum atomic E-state index is 11.2. The maximum absolute atomic E-state index is 11.2. The molecule has 4 nitrogen and oxygen atoms in total. The van der Waals surface area contributed by atoms with Crippen molar-refractivity contribution in [1.82, 2.24) is 0 Å². The summed E-state index contributed by atoms with van der Waals surface area (Å²) in [5.74, 6) is 0.261. The van der Waals surface area contributed by atoms with Gasteiger partial charge in [0.15, 0.2) is 0 Å². The molecule has 1 rings (SSSR count). The van der Waals surface area contributed by atoms with E-state index in [1.807, 2.05) is 6.92 Å². The molecule has 0 saturated heterocycles. The molecular formula is C12H14O4. The fourth-order valence-electron chi connectivity index (χ4n) is 1.46. The molecule has 0 unspecified atom stereocenters. The third-order valence-electron chi connectivity index (χ3n) is 2.41. The highest BCUT2D eigenvalue weighted by Gasteiger charge is 2.11. The zero-order valence-corrected chi connectivity index (χ0v) is 9.57. The van der Waals surface area contributed by atoms with Crippen LogP contribution in [-0.2, 0) is 16.0 Å². The predicted molar refractivity (Wildman–Crippen MR) is 58.8 cm³/mol. The average Bonchev–Trinajstić information content (AvgIpc) is 2.31. The lowest BCUT2D eigenvalue weighted by Gasteiger charge is -2.10. The van der Waals surface area contributed by atoms with Crippen LogP contribution in [0.1, 0.15) is 21.5 Å². The Balaban J connectivity index is 3.15. The molecule has 0 aliphatic rings. The third kappa shape index (κ3) is 2.59. The van der Waals surface area contributed by atoms with Crippen molar-refractivity contribution in [3.8, 4) is 5.75 Å². The maximum Gasteiger partial charge on any atom is 0.309 e. The number of carbonyl (C=O) groups is 2. The Morgan fingerprint density at radius 1 is 1.38 bits per heavy atom. The van der Waals surface area contributed by atoms with Crippen LogP contribution in [0.25, 0.3) is 0 Å². The van der Waals surface area contributed by atoms with Gasteiger partial charge in [-0.1, -0.05) is 0 Å². The van der Waals surface area contributed by atoms with Crippen LogP contribution in [0.5, 0.6) is 5.75 Å². The molecule has 16 heavy (non-hydrogen) atoms. The lowest BCUT2D eigenvalue weighted by atomic mass is 10.0. The minimum atomic E-state index is -0.340. The fourth-order valence-corrected chi connectivity index (χ4v) is 1.46. The molecule has 0 N–H and O–H groups in total. The van der Waals surface area contributed by atoms with Gasteiger partial charge in [0, 0.05) is 5.56 Å². The summed E-state index contributed by atoms with van der Waals surface area (Å²) in [5, 5.41) is 0. The number of carbonyl (C=O) groups excluding carboxylic acids is 2. The molecule has 0 fully saturated rings. The second kappa shape index (κ2) is 5.30. The number of esters is 1. The van der Waals surface area contributed by atoms with Crippen LogP contribution < -0.4 is 4.74 Å². The van der Waals surface area contributed by atoms with Gasteiger partial charge in [-0.25, -0.2) is 0 Å². The van der Waals surface area contributed by atoms with E-state index in [9.17, 15) is 9.59 Å². The molecule has 4 heteroatoms. The Bertz CT molecular complexity index is 410. The third-order valence-corrected chi connectivity index (χ3v) is 2.41. The fraction of sp³-hybridized carbons (Fsp3) is 0.333. The number of aldehydes is 1. The molecule has 0 aliphatic heterocycles. The standard InChI is InChI=1S/C12H14O4/c1-8-10(6-12(14)16-3)4-9(7-13)5-11(8)15-2/h4-5,7H,6H2,1-3H3. The van der Waals surface area contributed by atoms with E-state index in [4.69, 9.17) is 4.74 Å². The summed E-state index contributed by atoms with van der Waals surface area (Å²) in [5.41, 5.74) is 2.08. The van der Waals surface area contributed by atoms with Crippen LogP contribution >= 0.6 is 0 Å². The zero-order chi connectivity index (χ0) is 12.1. The van der Waals surface area contributed by atoms with E-state index in [1.54, 1.807) is 12.1 Å². The Hall–Kier alpha value is -1.84. The lowest BCUT2D eigenvalue weighted by molar-refractivity contribution is -0.139. The average molecular weight is 222 g/mol. The molecular weight excluding hydrogens is 208 g/mol. The second-order valence-corrected chi connectivity index (χ2v) is 3.38. The van der Waals surface area contributed by atoms with Crippen molar-refractivity contribution in [3.05, 3.63) is 28.8 Å². The Morgan fingerprint density at radius 3 is 2.56 bits per heavy atom. The molecule has 0 aliphatic carbocycles. The van der Waals surface area contributed by atoms with Crippen LogP contribution in [0.15, 0.2) is 12.1 Å². The Morgan fingerprint density at radius 2 is 2.06 bits per heavy atom. The molecule has 86 valence electrons. The summed E-state index contributed by atoms with van der Waals surface area (Å²) in [7, 11) is 2.86. The first kappa shape index (κ1) is 12.2. The second-order valence-electron chi connectivity index (χ2n) is 3.38. The quantitative estimate of drug-likeness (QED) is 0.572. The molecule has 1 aromatic carbocycles. The number of methoxy groups -OCH3 is 2. The van der Waals surface area contributed by atoms with Crippen molar-refractivity contribution in [3.63, 3.8) is 0 Å². The SMILES string of the molecule is COC(=O)Cc1cc(C=O)cc(OC)c1C. The number of ether oxygens (including phenoxy) is 2. The minimum Gasteiger partial charge on any atom is -0.496 e. The van der Waals surface area contributed by atoms with Gasteiger partial charge in [0.25, 0.3) is 0 Å². The number of hydrogen-bond donors (Lipinski definition) is 0. The normalized spacial score (nSPS) is 9.69. The van der Waals surface area contributed by atoms with Gasteiger partial charge < -0.3 is 9.47 Å². The topological polar surface area (TPSA) is 52.6 Å². The van der Waals surface area contributed by atoms with Crippen LogP contribution in [0, 0.1) is 6.92 Å². The van der Waals surface area contributed by atoms with Gasteiger partial charge in [0.1, 0.15) is 12.0 Å². The van der Waals surface area contributed by atoms with Gasteiger partial charge >= 0.3 is 5.97 Å². The van der Waals surface area contributed by atoms with Crippen molar-refractivity contribution < 1.29 is 19.1 Å². The van der Waals surface area contributed by atoms with E-state index >= 15 is 0 Å². The highest BCUT2D eigenvalue weighted by Crippen LogP contribution is 2.23. The van der Waals surface area contributed by atoms with Gasteiger partial charge in [-0.05, 0) is 30.2 Å². The molecule has 0 amide bonds. The van der Waals surface area contributed by atoms with Gasteiger partial charge in [-0.2, -0.15) is 0 Å². The molecule has 0 atom stereocenters. The van der Waals surface area contributed by atoms with Crippen LogP contribution in [0.4, 0.5) is 0 Å². The van der Waals surface area contributed by atoms with Gasteiger partial charge in [0.05, 0.1) is 20.6 Å². The largest absolute Gasteiger partial charge is 0.496 e. The summed E-state index contributed by atoms with van der Waals surface area (Å²) in [6.45, 7) is 1.84. The van der Waals surface area contributed by atoms with E-state index < -0.39 is 0 Å². The number of rotatable bonds is 4. The minimum absolute atomic E-state index is 0.139. The Kier molecular flexibility index (Phi) is 4.05. The highest BCUT2D eigenvalue weighted by molar-refractivity contribution is 5.79. The van der Waals surface area contributed by atoms with E-state index in [-0.39, 0.29) is 12.4 Å². The van der Waals surface area contributed by atoms with Crippen LogP contribution in [-0.4, -0.2) is 26.5 Å². The first-order valence-electron chi connectivity index (χ1n) is 4.82. The van der Waals surface area contributed by atoms with Crippen molar-refractivity contribution in [2.24, 2.45) is 0 Å². The summed E-state index contributed by atoms with van der Waals surface area (Å²) < 4.78 is 9.72. The molecule has 0 spiro atoms. The first-order valence-corrected chi connectivity index (χ1v) is 4.82. The predicted octanol–water partition coefficient (Wildman–Crippen LogP) is 1.53. The van der Waals surface area contributed by atoms with Gasteiger partial charge in [-0.3, -0.25) is 9.59 Å². The van der Waals surface area contributed by atoms with Crippen molar-refractivity contribution >= 4 is 12.3 Å². The van der Waals surface area contributed by atoms with Crippen molar-refractivity contribution in [2.75, 3.05) is 14.2 Å². The van der Waals surface area contributed by atoms with E-state index in [2.05, 4.69) is 4.74 Å². The number of hydrogen-bond acceptors (Lipinski definition) is 4. The summed E-state index contributed by atoms with van der Waals surface area (Å²) in [4.78, 5) is 21.9. The molecule has 0 bridgehead atoms. The molecule has 0 heterocycles. The molecule has 0 radical (unpaired) electrons. The summed E-state index contributed by atoms with van der Waals surface area (Å²) in [6, 6.07) is 3.31. The Labute approximate surface area is 94.2 Å². The van der Waals surface area contributed by atoms with Crippen molar-refractivity contribution in [1.29, 1.82) is 0 Å². The highest BCUT2D eigenvalue weighted by atomic mass is 16.5. The van der Waals surface area contributed by atoms with Crippen LogP contribution in [0.3, 0.4) is 0 Å². The zero-order valence-electron chi connectivity index (χ0n) is 9.57.